The Kier molecular flexibility index (Phi) is 4.08. The van der Waals surface area contributed by atoms with E-state index < -0.39 is 21.6 Å². The van der Waals surface area contributed by atoms with Crippen molar-refractivity contribution in [1.82, 2.24) is 10.1 Å². The van der Waals surface area contributed by atoms with Crippen LogP contribution in [0.5, 0.6) is 0 Å². The fourth-order valence-corrected chi connectivity index (χ4v) is 2.95. The highest BCUT2D eigenvalue weighted by Gasteiger charge is 2.21. The molecule has 1 aromatic heterocycles. The van der Waals surface area contributed by atoms with Gasteiger partial charge in [-0.25, -0.2) is 13.2 Å². The summed E-state index contributed by atoms with van der Waals surface area (Å²) in [5.41, 5.74) is 0.448. The molecular weight excluding hydrogens is 296 g/mol. The average Bonchev–Trinajstić information content (AvgIpc) is 2.85. The molecule has 1 heterocycles. The Labute approximate surface area is 121 Å². The first-order valence-corrected chi connectivity index (χ1v) is 7.87. The number of hydrogen-bond acceptors (Lipinski definition) is 6. The SMILES string of the molecule is CCc1noc(CS(=O)(=O)c2ccc(C)c(C(=O)O)c2)n1. The summed E-state index contributed by atoms with van der Waals surface area (Å²) in [6.45, 7) is 3.42. The molecular formula is C13H14N2O5S. The van der Waals surface area contributed by atoms with Crippen LogP contribution in [-0.4, -0.2) is 29.6 Å². The van der Waals surface area contributed by atoms with Crippen LogP contribution in [0.25, 0.3) is 0 Å². The summed E-state index contributed by atoms with van der Waals surface area (Å²) in [4.78, 5) is 14.9. The Morgan fingerprint density at radius 2 is 2.10 bits per heavy atom. The molecule has 0 aliphatic rings. The highest BCUT2D eigenvalue weighted by molar-refractivity contribution is 7.90. The number of hydrogen-bond donors (Lipinski definition) is 1. The van der Waals surface area contributed by atoms with Gasteiger partial charge in [-0.05, 0) is 24.6 Å². The van der Waals surface area contributed by atoms with Crippen molar-refractivity contribution in [1.29, 1.82) is 0 Å². The zero-order valence-electron chi connectivity index (χ0n) is 11.5. The first-order valence-electron chi connectivity index (χ1n) is 6.21. The van der Waals surface area contributed by atoms with E-state index in [4.69, 9.17) is 9.63 Å². The Morgan fingerprint density at radius 3 is 2.67 bits per heavy atom. The van der Waals surface area contributed by atoms with Crippen molar-refractivity contribution in [3.05, 3.63) is 41.0 Å². The molecule has 21 heavy (non-hydrogen) atoms. The van der Waals surface area contributed by atoms with Gasteiger partial charge in [0.15, 0.2) is 15.7 Å². The number of aromatic carboxylic acids is 1. The molecule has 2 aromatic rings. The summed E-state index contributed by atoms with van der Waals surface area (Å²) in [6.07, 6.45) is 0.539. The van der Waals surface area contributed by atoms with Crippen molar-refractivity contribution in [2.75, 3.05) is 0 Å². The molecule has 0 fully saturated rings. The maximum atomic E-state index is 12.3. The van der Waals surface area contributed by atoms with Crippen LogP contribution in [0.15, 0.2) is 27.6 Å². The molecule has 0 amide bonds. The van der Waals surface area contributed by atoms with Gasteiger partial charge in [0.05, 0.1) is 10.5 Å². The Balaban J connectivity index is 2.35. The summed E-state index contributed by atoms with van der Waals surface area (Å²) < 4.78 is 29.4. The summed E-state index contributed by atoms with van der Waals surface area (Å²) in [7, 11) is -3.74. The molecule has 0 atom stereocenters. The third-order valence-corrected chi connectivity index (χ3v) is 4.54. The van der Waals surface area contributed by atoms with Crippen LogP contribution in [-0.2, 0) is 22.0 Å². The van der Waals surface area contributed by atoms with E-state index in [0.717, 1.165) is 6.07 Å². The van der Waals surface area contributed by atoms with E-state index >= 15 is 0 Å². The molecule has 0 unspecified atom stereocenters. The maximum Gasteiger partial charge on any atom is 0.335 e. The smallest absolute Gasteiger partial charge is 0.335 e. The monoisotopic (exact) mass is 310 g/mol. The second kappa shape index (κ2) is 5.65. The molecule has 7 nitrogen and oxygen atoms in total. The number of carbonyl (C=O) groups is 1. The van der Waals surface area contributed by atoms with Crippen LogP contribution in [0.4, 0.5) is 0 Å². The van der Waals surface area contributed by atoms with Gasteiger partial charge in [-0.15, -0.1) is 0 Å². The lowest BCUT2D eigenvalue weighted by Crippen LogP contribution is -2.08. The van der Waals surface area contributed by atoms with E-state index in [2.05, 4.69) is 10.1 Å². The van der Waals surface area contributed by atoms with Crippen LogP contribution in [0.3, 0.4) is 0 Å². The molecule has 1 N–H and O–H groups in total. The molecule has 112 valence electrons. The summed E-state index contributed by atoms with van der Waals surface area (Å²) >= 11 is 0. The summed E-state index contributed by atoms with van der Waals surface area (Å²) in [5.74, 6) is -1.21. The van der Waals surface area contributed by atoms with Crippen LogP contribution in [0.1, 0.15) is 34.6 Å². The standard InChI is InChI=1S/C13H14N2O5S/c1-3-11-14-12(20-15-11)7-21(18,19)9-5-4-8(2)10(6-9)13(16)17/h4-6H,3,7H2,1-2H3,(H,16,17). The number of carboxylic acid groups (broad SMARTS) is 1. The average molecular weight is 310 g/mol. The van der Waals surface area contributed by atoms with Gasteiger partial charge in [-0.3, -0.25) is 0 Å². The zero-order valence-corrected chi connectivity index (χ0v) is 12.3. The first-order chi connectivity index (χ1) is 9.83. The Hall–Kier alpha value is -2.22. The van der Waals surface area contributed by atoms with Crippen molar-refractivity contribution >= 4 is 15.8 Å². The second-order valence-corrected chi connectivity index (χ2v) is 6.49. The van der Waals surface area contributed by atoms with E-state index in [1.54, 1.807) is 6.92 Å². The lowest BCUT2D eigenvalue weighted by atomic mass is 10.1. The molecule has 1 aromatic carbocycles. The van der Waals surface area contributed by atoms with Gasteiger partial charge in [0.25, 0.3) is 0 Å². The zero-order chi connectivity index (χ0) is 15.6. The van der Waals surface area contributed by atoms with Gasteiger partial charge >= 0.3 is 5.97 Å². The second-order valence-electron chi connectivity index (χ2n) is 4.50. The number of aromatic nitrogens is 2. The van der Waals surface area contributed by atoms with Gasteiger partial charge in [-0.2, -0.15) is 4.98 Å². The summed E-state index contributed by atoms with van der Waals surface area (Å²) in [6, 6.07) is 3.97. The van der Waals surface area contributed by atoms with Crippen LogP contribution < -0.4 is 0 Å². The van der Waals surface area contributed by atoms with Gasteiger partial charge in [0.2, 0.25) is 5.89 Å². The van der Waals surface area contributed by atoms with Crippen molar-refractivity contribution in [3.8, 4) is 0 Å². The number of rotatable bonds is 5. The maximum absolute atomic E-state index is 12.3. The molecule has 0 spiro atoms. The molecule has 0 radical (unpaired) electrons. The molecule has 0 saturated carbocycles. The van der Waals surface area contributed by atoms with Gasteiger partial charge in [-0.1, -0.05) is 18.1 Å². The topological polar surface area (TPSA) is 110 Å². The predicted octanol–water partition coefficient (Wildman–Crippen LogP) is 1.61. The molecule has 0 saturated heterocycles. The third-order valence-electron chi connectivity index (χ3n) is 2.94. The predicted molar refractivity (Wildman–Crippen MR) is 72.7 cm³/mol. The normalized spacial score (nSPS) is 11.5. The number of nitrogens with zero attached hydrogens (tertiary/aromatic N) is 2. The minimum absolute atomic E-state index is 0.00991. The number of benzene rings is 1. The van der Waals surface area contributed by atoms with E-state index in [1.807, 2.05) is 6.92 Å². The van der Waals surface area contributed by atoms with E-state index in [-0.39, 0.29) is 16.3 Å². The fourth-order valence-electron chi connectivity index (χ4n) is 1.76. The highest BCUT2D eigenvalue weighted by Crippen LogP contribution is 2.19. The van der Waals surface area contributed by atoms with Crippen molar-refractivity contribution < 1.29 is 22.8 Å². The van der Waals surface area contributed by atoms with Crippen molar-refractivity contribution in [3.63, 3.8) is 0 Å². The van der Waals surface area contributed by atoms with Gasteiger partial charge < -0.3 is 9.63 Å². The molecule has 0 aliphatic carbocycles. The van der Waals surface area contributed by atoms with Crippen LogP contribution in [0.2, 0.25) is 0 Å². The number of sulfone groups is 1. The third kappa shape index (κ3) is 3.27. The number of aryl methyl sites for hydroxylation is 2. The Morgan fingerprint density at radius 1 is 1.38 bits per heavy atom. The first kappa shape index (κ1) is 15.2. The minimum Gasteiger partial charge on any atom is -0.478 e. The quantitative estimate of drug-likeness (QED) is 0.893. The molecule has 8 heteroatoms. The summed E-state index contributed by atoms with van der Waals surface area (Å²) in [5, 5.41) is 12.7. The van der Waals surface area contributed by atoms with Gasteiger partial charge in [0.1, 0.15) is 5.75 Å². The van der Waals surface area contributed by atoms with E-state index in [9.17, 15) is 13.2 Å². The van der Waals surface area contributed by atoms with Crippen molar-refractivity contribution in [2.24, 2.45) is 0 Å². The lowest BCUT2D eigenvalue weighted by molar-refractivity contribution is 0.0696. The number of carboxylic acids is 1. The molecule has 0 bridgehead atoms. The fraction of sp³-hybridized carbons (Fsp3) is 0.308. The lowest BCUT2D eigenvalue weighted by Gasteiger charge is -2.05. The largest absolute Gasteiger partial charge is 0.478 e. The van der Waals surface area contributed by atoms with E-state index in [0.29, 0.717) is 17.8 Å². The minimum atomic E-state index is -3.74. The van der Waals surface area contributed by atoms with Crippen molar-refractivity contribution in [2.45, 2.75) is 30.9 Å². The molecule has 0 aliphatic heterocycles. The van der Waals surface area contributed by atoms with Crippen LogP contribution in [0, 0.1) is 6.92 Å². The van der Waals surface area contributed by atoms with Crippen LogP contribution >= 0.6 is 0 Å². The van der Waals surface area contributed by atoms with Gasteiger partial charge in [0, 0.05) is 6.42 Å². The highest BCUT2D eigenvalue weighted by atomic mass is 32.2. The molecule has 2 rings (SSSR count). The van der Waals surface area contributed by atoms with E-state index in [1.165, 1.54) is 12.1 Å². The Bertz CT molecular complexity index is 780.